The van der Waals surface area contributed by atoms with Crippen molar-refractivity contribution in [3.8, 4) is 0 Å². The van der Waals surface area contributed by atoms with E-state index in [1.807, 2.05) is 12.3 Å². The van der Waals surface area contributed by atoms with Crippen LogP contribution in [-0.4, -0.2) is 13.3 Å². The minimum atomic E-state index is -0.0743. The van der Waals surface area contributed by atoms with E-state index in [9.17, 15) is 0 Å². The van der Waals surface area contributed by atoms with E-state index in [1.165, 1.54) is 38.8 Å². The number of likely N-dealkylation sites (N-methyl/N-ethyl adjacent to an activating group) is 1. The minimum absolute atomic E-state index is 0.0743. The van der Waals surface area contributed by atoms with Gasteiger partial charge < -0.3 is 4.90 Å². The van der Waals surface area contributed by atoms with Gasteiger partial charge in [0.15, 0.2) is 0 Å². The maximum Gasteiger partial charge on any atom is 0.0635 e. The number of hydrogen-bond donors (Lipinski definition) is 0. The summed E-state index contributed by atoms with van der Waals surface area (Å²) in [6.07, 6.45) is 8.30. The zero-order valence-corrected chi connectivity index (χ0v) is 22.9. The second-order valence-corrected chi connectivity index (χ2v) is 12.3. The van der Waals surface area contributed by atoms with Gasteiger partial charge in [-0.2, -0.15) is 0 Å². The third-order valence-electron chi connectivity index (χ3n) is 7.22. The normalized spacial score (nSPS) is 17.3. The summed E-state index contributed by atoms with van der Waals surface area (Å²) >= 11 is 0. The average Bonchev–Trinajstić information content (AvgIpc) is 2.97. The predicted octanol–water partition coefficient (Wildman–Crippen LogP) is 9.00. The van der Waals surface area contributed by atoms with Crippen molar-refractivity contribution in [2.45, 2.75) is 71.6 Å². The fourth-order valence-corrected chi connectivity index (χ4v) is 5.07. The van der Waals surface area contributed by atoms with Gasteiger partial charge in [0.05, 0.1) is 5.69 Å². The van der Waals surface area contributed by atoms with Crippen LogP contribution in [0.5, 0.6) is 0 Å². The van der Waals surface area contributed by atoms with Crippen LogP contribution in [0.2, 0.25) is 0 Å². The molecule has 0 fully saturated rings. The lowest BCUT2D eigenvalue weighted by molar-refractivity contribution is 0.569. The molecule has 0 saturated heterocycles. The van der Waals surface area contributed by atoms with Crippen molar-refractivity contribution in [1.82, 2.24) is 0 Å². The Morgan fingerprint density at radius 3 is 2.06 bits per heavy atom. The van der Waals surface area contributed by atoms with Gasteiger partial charge >= 0.3 is 0 Å². The van der Waals surface area contributed by atoms with E-state index in [0.717, 1.165) is 5.69 Å². The van der Waals surface area contributed by atoms with Crippen LogP contribution >= 0.6 is 0 Å². The second kappa shape index (κ2) is 8.82. The number of aliphatic imine (C=N–C) groups is 1. The lowest BCUT2D eigenvalue weighted by Crippen LogP contribution is -2.22. The highest BCUT2D eigenvalue weighted by Crippen LogP contribution is 2.49. The standard InChI is InChI=1S/C33H40N2/c1-31(2,3)24-20-25(32(4,5)6)22-26(21-24)34-19-13-12-16-29-33(7,8)30-27-15-11-10-14-23(27)17-18-28(30)35(29)9/h10-22H,1-9H3. The van der Waals surface area contributed by atoms with Gasteiger partial charge in [-0.3, -0.25) is 4.99 Å². The van der Waals surface area contributed by atoms with Crippen molar-refractivity contribution in [3.63, 3.8) is 0 Å². The summed E-state index contributed by atoms with van der Waals surface area (Å²) in [5.41, 5.74) is 7.73. The lowest BCUT2D eigenvalue weighted by Gasteiger charge is -2.25. The van der Waals surface area contributed by atoms with Crippen LogP contribution in [0.4, 0.5) is 11.4 Å². The van der Waals surface area contributed by atoms with Crippen LogP contribution in [0.3, 0.4) is 0 Å². The number of anilines is 1. The van der Waals surface area contributed by atoms with E-state index in [0.29, 0.717) is 0 Å². The molecule has 0 atom stereocenters. The Morgan fingerprint density at radius 1 is 0.800 bits per heavy atom. The first kappa shape index (κ1) is 25.0. The molecule has 35 heavy (non-hydrogen) atoms. The Balaban J connectivity index is 1.62. The van der Waals surface area contributed by atoms with Gasteiger partial charge in [0, 0.05) is 30.1 Å². The average molecular weight is 465 g/mol. The monoisotopic (exact) mass is 464 g/mol. The maximum absolute atomic E-state index is 4.80. The molecular weight excluding hydrogens is 424 g/mol. The molecule has 4 rings (SSSR count). The van der Waals surface area contributed by atoms with Crippen molar-refractivity contribution in [2.75, 3.05) is 11.9 Å². The molecule has 0 aromatic heterocycles. The van der Waals surface area contributed by atoms with Crippen molar-refractivity contribution < 1.29 is 0 Å². The van der Waals surface area contributed by atoms with E-state index in [1.54, 1.807) is 0 Å². The first-order chi connectivity index (χ1) is 16.3. The first-order valence-corrected chi connectivity index (χ1v) is 12.6. The molecule has 0 radical (unpaired) electrons. The molecule has 182 valence electrons. The predicted molar refractivity (Wildman–Crippen MR) is 155 cm³/mol. The summed E-state index contributed by atoms with van der Waals surface area (Å²) in [5, 5.41) is 2.63. The highest BCUT2D eigenvalue weighted by molar-refractivity contribution is 5.94. The van der Waals surface area contributed by atoms with Crippen molar-refractivity contribution in [3.05, 3.63) is 95.2 Å². The Morgan fingerprint density at radius 2 is 1.43 bits per heavy atom. The number of allylic oxidation sites excluding steroid dienone is 4. The van der Waals surface area contributed by atoms with Crippen molar-refractivity contribution in [1.29, 1.82) is 0 Å². The largest absolute Gasteiger partial charge is 0.347 e. The Bertz CT molecular complexity index is 1310. The third-order valence-corrected chi connectivity index (χ3v) is 7.22. The Kier molecular flexibility index (Phi) is 6.30. The molecule has 1 aliphatic heterocycles. The molecule has 0 N–H and O–H groups in total. The molecule has 1 heterocycles. The van der Waals surface area contributed by atoms with Gasteiger partial charge in [-0.05, 0) is 68.6 Å². The van der Waals surface area contributed by atoms with Crippen molar-refractivity contribution >= 4 is 28.4 Å². The first-order valence-electron chi connectivity index (χ1n) is 12.6. The SMILES string of the molecule is CN1C(=CC=CC=Nc2cc(C(C)(C)C)cc(C(C)(C)C)c2)C(C)(C)c2c1ccc1ccccc21. The molecular formula is C33H40N2. The van der Waals surface area contributed by atoms with E-state index in [-0.39, 0.29) is 16.2 Å². The maximum atomic E-state index is 4.80. The summed E-state index contributed by atoms with van der Waals surface area (Å²) in [6, 6.07) is 19.9. The zero-order chi connectivity index (χ0) is 25.6. The van der Waals surface area contributed by atoms with E-state index in [4.69, 9.17) is 4.99 Å². The highest BCUT2D eigenvalue weighted by Gasteiger charge is 2.39. The smallest absolute Gasteiger partial charge is 0.0635 e. The van der Waals surface area contributed by atoms with E-state index < -0.39 is 0 Å². The molecule has 0 aliphatic carbocycles. The van der Waals surface area contributed by atoms with Gasteiger partial charge in [0.2, 0.25) is 0 Å². The van der Waals surface area contributed by atoms with Crippen LogP contribution in [0.25, 0.3) is 10.8 Å². The molecule has 3 aromatic rings. The summed E-state index contributed by atoms with van der Waals surface area (Å²) < 4.78 is 0. The molecule has 0 unspecified atom stereocenters. The molecule has 2 nitrogen and oxygen atoms in total. The number of fused-ring (bicyclic) bond motifs is 3. The Hall–Kier alpha value is -3.13. The van der Waals surface area contributed by atoms with Gasteiger partial charge in [-0.25, -0.2) is 0 Å². The second-order valence-electron chi connectivity index (χ2n) is 12.3. The topological polar surface area (TPSA) is 15.6 Å². The van der Waals surface area contributed by atoms with Crippen LogP contribution in [0.15, 0.2) is 83.5 Å². The quantitative estimate of drug-likeness (QED) is 0.353. The van der Waals surface area contributed by atoms with Gasteiger partial charge in [0.25, 0.3) is 0 Å². The highest BCUT2D eigenvalue weighted by atomic mass is 15.2. The molecule has 1 aliphatic rings. The van der Waals surface area contributed by atoms with Crippen molar-refractivity contribution in [2.24, 2.45) is 4.99 Å². The molecule has 3 aromatic carbocycles. The fraction of sp³-hybridized carbons (Fsp3) is 0.364. The summed E-state index contributed by atoms with van der Waals surface area (Å²) in [6.45, 7) is 18.2. The van der Waals surface area contributed by atoms with Crippen LogP contribution in [-0.2, 0) is 16.2 Å². The molecule has 0 spiro atoms. The molecule has 0 amide bonds. The third kappa shape index (κ3) is 4.85. The summed E-state index contributed by atoms with van der Waals surface area (Å²) in [5.74, 6) is 0. The minimum Gasteiger partial charge on any atom is -0.347 e. The lowest BCUT2D eigenvalue weighted by atomic mass is 9.80. The van der Waals surface area contributed by atoms with Gasteiger partial charge in [-0.15, -0.1) is 0 Å². The number of benzene rings is 3. The van der Waals surface area contributed by atoms with E-state index in [2.05, 4.69) is 134 Å². The Labute approximate surface area is 212 Å². The van der Waals surface area contributed by atoms with Gasteiger partial charge in [-0.1, -0.05) is 97.9 Å². The fourth-order valence-electron chi connectivity index (χ4n) is 5.07. The van der Waals surface area contributed by atoms with Crippen LogP contribution in [0, 0.1) is 0 Å². The van der Waals surface area contributed by atoms with Crippen LogP contribution < -0.4 is 4.90 Å². The van der Waals surface area contributed by atoms with E-state index >= 15 is 0 Å². The number of nitrogens with zero attached hydrogens (tertiary/aromatic N) is 2. The summed E-state index contributed by atoms with van der Waals surface area (Å²) in [4.78, 5) is 7.12. The zero-order valence-electron chi connectivity index (χ0n) is 22.9. The van der Waals surface area contributed by atoms with Crippen LogP contribution in [0.1, 0.15) is 72.1 Å². The summed E-state index contributed by atoms with van der Waals surface area (Å²) in [7, 11) is 2.17. The number of hydrogen-bond acceptors (Lipinski definition) is 2. The molecule has 0 bridgehead atoms. The molecule has 2 heteroatoms. The molecule has 0 saturated carbocycles. The van der Waals surface area contributed by atoms with Gasteiger partial charge in [0.1, 0.15) is 0 Å². The number of rotatable bonds is 3.